The molecule has 0 radical (unpaired) electrons. The predicted octanol–water partition coefficient (Wildman–Crippen LogP) is 3.50. The van der Waals surface area contributed by atoms with Gasteiger partial charge in [0.2, 0.25) is 0 Å². The van der Waals surface area contributed by atoms with Crippen LogP contribution in [0.1, 0.15) is 78.6 Å². The highest BCUT2D eigenvalue weighted by molar-refractivity contribution is 5.16. The van der Waals surface area contributed by atoms with E-state index in [4.69, 9.17) is 0 Å². The Morgan fingerprint density at radius 3 is 2.42 bits per heavy atom. The molecule has 0 heterocycles. The van der Waals surface area contributed by atoms with Crippen LogP contribution in [0, 0.1) is 34.5 Å². The Balaban J connectivity index is 1.69. The van der Waals surface area contributed by atoms with E-state index in [-0.39, 0.29) is 5.41 Å². The van der Waals surface area contributed by atoms with E-state index in [0.29, 0.717) is 29.6 Å². The number of aliphatic hydroxyl groups is 3. The highest BCUT2D eigenvalue weighted by Crippen LogP contribution is 2.68. The molecular weight excluding hydrogens is 300 g/mol. The number of hydrogen-bond acceptors (Lipinski definition) is 3. The van der Waals surface area contributed by atoms with Crippen LogP contribution in [-0.4, -0.2) is 33.1 Å². The minimum absolute atomic E-state index is 0.236. The van der Waals surface area contributed by atoms with Gasteiger partial charge in [0.1, 0.15) is 0 Å². The second-order valence-electron chi connectivity index (χ2n) is 10.1. The normalized spacial score (nSPS) is 60.2. The van der Waals surface area contributed by atoms with Crippen LogP contribution < -0.4 is 0 Å². The SMILES string of the molecule is CC[C@H]1CC[C@H]2[C@@H]3C[C@@H](O)[C@@]4(O)C[C@@H](O)CC[C@]4(C)[C@H]3CC[C@]12C. The summed E-state index contributed by atoms with van der Waals surface area (Å²) in [6.45, 7) is 7.06. The Hall–Kier alpha value is -0.120. The van der Waals surface area contributed by atoms with Crippen LogP contribution in [0.3, 0.4) is 0 Å². The molecular formula is C21H36O3. The van der Waals surface area contributed by atoms with Crippen molar-refractivity contribution in [3.8, 4) is 0 Å². The monoisotopic (exact) mass is 336 g/mol. The third-order valence-corrected chi connectivity index (χ3v) is 9.52. The van der Waals surface area contributed by atoms with E-state index in [2.05, 4.69) is 20.8 Å². The Bertz CT molecular complexity index is 507. The molecule has 0 bridgehead atoms. The molecule has 0 unspecified atom stereocenters. The van der Waals surface area contributed by atoms with Crippen LogP contribution in [0.5, 0.6) is 0 Å². The lowest BCUT2D eigenvalue weighted by Crippen LogP contribution is -2.68. The summed E-state index contributed by atoms with van der Waals surface area (Å²) in [6, 6.07) is 0. The first-order chi connectivity index (χ1) is 11.3. The van der Waals surface area contributed by atoms with Crippen LogP contribution in [-0.2, 0) is 0 Å². The Kier molecular flexibility index (Phi) is 3.92. The first kappa shape index (κ1) is 17.3. The second-order valence-corrected chi connectivity index (χ2v) is 10.1. The van der Waals surface area contributed by atoms with Gasteiger partial charge in [-0.2, -0.15) is 0 Å². The Labute approximate surface area is 146 Å². The van der Waals surface area contributed by atoms with Crippen molar-refractivity contribution in [1.82, 2.24) is 0 Å². The van der Waals surface area contributed by atoms with Crippen molar-refractivity contribution >= 4 is 0 Å². The maximum atomic E-state index is 11.4. The molecule has 0 aromatic heterocycles. The summed E-state index contributed by atoms with van der Waals surface area (Å²) in [5, 5.41) is 32.5. The molecule has 3 N–H and O–H groups in total. The summed E-state index contributed by atoms with van der Waals surface area (Å²) in [6.07, 6.45) is 7.97. The van der Waals surface area contributed by atoms with E-state index in [9.17, 15) is 15.3 Å². The van der Waals surface area contributed by atoms with Gasteiger partial charge in [0.15, 0.2) is 0 Å². The van der Waals surface area contributed by atoms with Crippen molar-refractivity contribution in [2.24, 2.45) is 34.5 Å². The largest absolute Gasteiger partial charge is 0.393 e. The van der Waals surface area contributed by atoms with Crippen LogP contribution in [0.2, 0.25) is 0 Å². The summed E-state index contributed by atoms with van der Waals surface area (Å²) in [7, 11) is 0. The van der Waals surface area contributed by atoms with Crippen molar-refractivity contribution in [3.63, 3.8) is 0 Å². The van der Waals surface area contributed by atoms with Gasteiger partial charge in [-0.15, -0.1) is 0 Å². The lowest BCUT2D eigenvalue weighted by Gasteiger charge is -2.65. The molecule has 138 valence electrons. The lowest BCUT2D eigenvalue weighted by atomic mass is 9.42. The van der Waals surface area contributed by atoms with Gasteiger partial charge in [-0.1, -0.05) is 27.2 Å². The summed E-state index contributed by atoms with van der Waals surface area (Å²) in [5.41, 5.74) is -0.891. The summed E-state index contributed by atoms with van der Waals surface area (Å²) in [4.78, 5) is 0. The van der Waals surface area contributed by atoms with Crippen molar-refractivity contribution in [3.05, 3.63) is 0 Å². The molecule has 4 aliphatic carbocycles. The minimum atomic E-state index is -1.09. The minimum Gasteiger partial charge on any atom is -0.393 e. The molecule has 0 saturated heterocycles. The van der Waals surface area contributed by atoms with Gasteiger partial charge >= 0.3 is 0 Å². The molecule has 4 aliphatic rings. The van der Waals surface area contributed by atoms with Gasteiger partial charge in [-0.05, 0) is 74.0 Å². The van der Waals surface area contributed by atoms with Crippen LogP contribution in [0.4, 0.5) is 0 Å². The highest BCUT2D eigenvalue weighted by atomic mass is 16.3. The maximum Gasteiger partial charge on any atom is 0.0985 e. The maximum absolute atomic E-state index is 11.4. The highest BCUT2D eigenvalue weighted by Gasteiger charge is 2.67. The fourth-order valence-electron chi connectivity index (χ4n) is 8.04. The summed E-state index contributed by atoms with van der Waals surface area (Å²) < 4.78 is 0. The smallest absolute Gasteiger partial charge is 0.0985 e. The molecule has 24 heavy (non-hydrogen) atoms. The summed E-state index contributed by atoms with van der Waals surface area (Å²) >= 11 is 0. The third-order valence-electron chi connectivity index (χ3n) is 9.52. The van der Waals surface area contributed by atoms with Gasteiger partial charge in [-0.25, -0.2) is 0 Å². The fourth-order valence-corrected chi connectivity index (χ4v) is 8.04. The third kappa shape index (κ3) is 2.01. The van der Waals surface area contributed by atoms with Gasteiger partial charge < -0.3 is 15.3 Å². The Morgan fingerprint density at radius 2 is 1.71 bits per heavy atom. The molecule has 4 rings (SSSR count). The zero-order chi connectivity index (χ0) is 17.3. The van der Waals surface area contributed by atoms with Gasteiger partial charge in [0.05, 0.1) is 17.8 Å². The lowest BCUT2D eigenvalue weighted by molar-refractivity contribution is -0.264. The molecule has 0 aliphatic heterocycles. The number of aliphatic hydroxyl groups excluding tert-OH is 2. The molecule has 4 saturated carbocycles. The van der Waals surface area contributed by atoms with Crippen molar-refractivity contribution < 1.29 is 15.3 Å². The molecule has 3 nitrogen and oxygen atoms in total. The van der Waals surface area contributed by atoms with Gasteiger partial charge in [0.25, 0.3) is 0 Å². The molecule has 0 spiro atoms. The average Bonchev–Trinajstić information content (AvgIpc) is 2.87. The van der Waals surface area contributed by atoms with Crippen LogP contribution in [0.25, 0.3) is 0 Å². The molecule has 4 fully saturated rings. The first-order valence-electron chi connectivity index (χ1n) is 10.3. The second kappa shape index (κ2) is 5.44. The van der Waals surface area contributed by atoms with E-state index in [1.807, 2.05) is 0 Å². The predicted molar refractivity (Wildman–Crippen MR) is 94.4 cm³/mol. The van der Waals surface area contributed by atoms with Crippen LogP contribution >= 0.6 is 0 Å². The van der Waals surface area contributed by atoms with E-state index in [1.165, 1.54) is 32.1 Å². The molecule has 3 heteroatoms. The van der Waals surface area contributed by atoms with Crippen molar-refractivity contribution in [2.75, 3.05) is 0 Å². The molecule has 0 amide bonds. The fraction of sp³-hybridized carbons (Fsp3) is 1.00. The summed E-state index contributed by atoms with van der Waals surface area (Å²) in [5.74, 6) is 2.61. The number of hydrogen-bond donors (Lipinski definition) is 3. The van der Waals surface area contributed by atoms with E-state index in [0.717, 1.165) is 25.2 Å². The topological polar surface area (TPSA) is 60.7 Å². The first-order valence-corrected chi connectivity index (χ1v) is 10.3. The number of fused-ring (bicyclic) bond motifs is 5. The van der Waals surface area contributed by atoms with E-state index >= 15 is 0 Å². The zero-order valence-corrected chi connectivity index (χ0v) is 15.7. The molecule has 0 aromatic rings. The van der Waals surface area contributed by atoms with Crippen molar-refractivity contribution in [2.45, 2.75) is 96.4 Å². The number of rotatable bonds is 1. The average molecular weight is 337 g/mol. The van der Waals surface area contributed by atoms with Crippen LogP contribution in [0.15, 0.2) is 0 Å². The molecule has 0 aromatic carbocycles. The quantitative estimate of drug-likeness (QED) is 0.687. The van der Waals surface area contributed by atoms with Gasteiger partial charge in [-0.3, -0.25) is 0 Å². The zero-order valence-electron chi connectivity index (χ0n) is 15.7. The standard InChI is InChI=1S/C21H36O3/c1-4-13-5-6-16-15-11-18(23)21(24)12-14(22)7-10-20(21,3)17(15)8-9-19(13,16)2/h13-18,22-24H,4-12H2,1-3H3/t13-,14-,15-,16-,17-,18+,19+,20+,21-/m0/s1. The van der Waals surface area contributed by atoms with Crippen molar-refractivity contribution in [1.29, 1.82) is 0 Å². The molecule has 9 atom stereocenters. The Morgan fingerprint density at radius 1 is 0.958 bits per heavy atom. The van der Waals surface area contributed by atoms with Gasteiger partial charge in [0, 0.05) is 11.8 Å². The van der Waals surface area contributed by atoms with E-state index in [1.54, 1.807) is 0 Å². The van der Waals surface area contributed by atoms with E-state index < -0.39 is 17.8 Å².